The SMILES string of the molecule is CCCc1c(O)c(C(C)=O)c(OCC(=O)OC)c(Cl)c1-c1ccccc1. The van der Waals surface area contributed by atoms with Crippen LogP contribution in [0.1, 0.15) is 36.2 Å². The van der Waals surface area contributed by atoms with Gasteiger partial charge in [-0.3, -0.25) is 4.79 Å². The minimum Gasteiger partial charge on any atom is -0.507 e. The molecule has 0 amide bonds. The zero-order chi connectivity index (χ0) is 19.3. The number of ether oxygens (including phenoxy) is 2. The molecule has 0 heterocycles. The van der Waals surface area contributed by atoms with Gasteiger partial charge in [0, 0.05) is 11.1 Å². The van der Waals surface area contributed by atoms with Gasteiger partial charge >= 0.3 is 5.97 Å². The van der Waals surface area contributed by atoms with E-state index in [2.05, 4.69) is 4.74 Å². The van der Waals surface area contributed by atoms with E-state index in [1.807, 2.05) is 37.3 Å². The molecular weight excluding hydrogens is 356 g/mol. The van der Waals surface area contributed by atoms with Crippen molar-refractivity contribution in [1.82, 2.24) is 0 Å². The Kier molecular flexibility index (Phi) is 6.64. The van der Waals surface area contributed by atoms with Crippen LogP contribution in [0.5, 0.6) is 11.5 Å². The van der Waals surface area contributed by atoms with Crippen molar-refractivity contribution in [2.75, 3.05) is 13.7 Å². The van der Waals surface area contributed by atoms with Crippen LogP contribution in [0.15, 0.2) is 30.3 Å². The van der Waals surface area contributed by atoms with Gasteiger partial charge < -0.3 is 14.6 Å². The molecule has 6 heteroatoms. The fourth-order valence-electron chi connectivity index (χ4n) is 2.78. The molecule has 0 saturated heterocycles. The van der Waals surface area contributed by atoms with Crippen molar-refractivity contribution in [3.05, 3.63) is 46.5 Å². The number of hydrogen-bond donors (Lipinski definition) is 1. The first-order valence-electron chi connectivity index (χ1n) is 8.25. The summed E-state index contributed by atoms with van der Waals surface area (Å²) in [7, 11) is 1.23. The fourth-order valence-corrected chi connectivity index (χ4v) is 3.16. The normalized spacial score (nSPS) is 10.5. The Hall–Kier alpha value is -2.53. The van der Waals surface area contributed by atoms with Gasteiger partial charge in [-0.25, -0.2) is 4.79 Å². The summed E-state index contributed by atoms with van der Waals surface area (Å²) in [5, 5.41) is 11.0. The van der Waals surface area contributed by atoms with Gasteiger partial charge in [0.05, 0.1) is 12.1 Å². The van der Waals surface area contributed by atoms with E-state index in [0.717, 1.165) is 12.0 Å². The molecule has 0 fully saturated rings. The van der Waals surface area contributed by atoms with Crippen LogP contribution in [-0.4, -0.2) is 30.6 Å². The summed E-state index contributed by atoms with van der Waals surface area (Å²) in [5.41, 5.74) is 1.94. The molecule has 0 unspecified atom stereocenters. The second-order valence-electron chi connectivity index (χ2n) is 5.76. The van der Waals surface area contributed by atoms with E-state index in [1.54, 1.807) is 0 Å². The Bertz CT molecular complexity index is 815. The maximum Gasteiger partial charge on any atom is 0.343 e. The molecule has 0 aliphatic rings. The first kappa shape index (κ1) is 19.8. The lowest BCUT2D eigenvalue weighted by molar-refractivity contribution is -0.142. The number of esters is 1. The summed E-state index contributed by atoms with van der Waals surface area (Å²) < 4.78 is 10.0. The second kappa shape index (κ2) is 8.72. The lowest BCUT2D eigenvalue weighted by Gasteiger charge is -2.20. The molecule has 138 valence electrons. The van der Waals surface area contributed by atoms with Gasteiger partial charge in [-0.05, 0) is 18.9 Å². The minimum absolute atomic E-state index is 0.0132. The van der Waals surface area contributed by atoms with Crippen LogP contribution in [-0.2, 0) is 16.0 Å². The molecular formula is C20H21ClO5. The first-order valence-corrected chi connectivity index (χ1v) is 8.63. The van der Waals surface area contributed by atoms with Gasteiger partial charge in [0.1, 0.15) is 11.3 Å². The average Bonchev–Trinajstić information content (AvgIpc) is 2.63. The quantitative estimate of drug-likeness (QED) is 0.572. The third-order valence-electron chi connectivity index (χ3n) is 3.95. The summed E-state index contributed by atoms with van der Waals surface area (Å²) in [4.78, 5) is 23.6. The Morgan fingerprint density at radius 3 is 2.38 bits per heavy atom. The maximum absolute atomic E-state index is 12.1. The largest absolute Gasteiger partial charge is 0.507 e. The molecule has 0 aromatic heterocycles. The molecule has 0 radical (unpaired) electrons. The molecule has 1 N–H and O–H groups in total. The number of hydrogen-bond acceptors (Lipinski definition) is 5. The van der Waals surface area contributed by atoms with Crippen LogP contribution in [0.3, 0.4) is 0 Å². The number of ketones is 1. The number of Topliss-reactive ketones (excluding diaryl/α,β-unsaturated/α-hetero) is 1. The van der Waals surface area contributed by atoms with Gasteiger partial charge in [0.15, 0.2) is 18.1 Å². The van der Waals surface area contributed by atoms with Crippen LogP contribution in [0.4, 0.5) is 0 Å². The van der Waals surface area contributed by atoms with Crippen molar-refractivity contribution in [2.24, 2.45) is 0 Å². The van der Waals surface area contributed by atoms with Crippen molar-refractivity contribution in [3.8, 4) is 22.6 Å². The van der Waals surface area contributed by atoms with Crippen molar-refractivity contribution >= 4 is 23.4 Å². The number of benzene rings is 2. The number of aromatic hydroxyl groups is 1. The van der Waals surface area contributed by atoms with E-state index < -0.39 is 18.4 Å². The Morgan fingerprint density at radius 2 is 1.85 bits per heavy atom. The van der Waals surface area contributed by atoms with E-state index >= 15 is 0 Å². The van der Waals surface area contributed by atoms with Crippen molar-refractivity contribution in [3.63, 3.8) is 0 Å². The van der Waals surface area contributed by atoms with Gasteiger partial charge in [-0.1, -0.05) is 55.3 Å². The summed E-state index contributed by atoms with van der Waals surface area (Å²) in [6, 6.07) is 9.29. The predicted molar refractivity (Wildman–Crippen MR) is 100 cm³/mol. The summed E-state index contributed by atoms with van der Waals surface area (Å²) in [6.07, 6.45) is 1.29. The van der Waals surface area contributed by atoms with Crippen molar-refractivity contribution in [2.45, 2.75) is 26.7 Å². The molecule has 0 saturated carbocycles. The highest BCUT2D eigenvalue weighted by Crippen LogP contribution is 2.47. The van der Waals surface area contributed by atoms with Crippen LogP contribution >= 0.6 is 11.6 Å². The first-order chi connectivity index (χ1) is 12.4. The zero-order valence-corrected chi connectivity index (χ0v) is 15.7. The predicted octanol–water partition coefficient (Wildman–Crippen LogP) is 4.42. The number of rotatable bonds is 7. The smallest absolute Gasteiger partial charge is 0.343 e. The van der Waals surface area contributed by atoms with E-state index in [4.69, 9.17) is 16.3 Å². The van der Waals surface area contributed by atoms with Crippen molar-refractivity contribution < 1.29 is 24.2 Å². The molecule has 2 aromatic rings. The summed E-state index contributed by atoms with van der Waals surface area (Å²) in [6.45, 7) is 2.86. The molecule has 0 aliphatic heterocycles. The maximum atomic E-state index is 12.1. The lowest BCUT2D eigenvalue weighted by atomic mass is 9.91. The molecule has 0 spiro atoms. The summed E-state index contributed by atoms with van der Waals surface area (Å²) >= 11 is 6.59. The van der Waals surface area contributed by atoms with Gasteiger partial charge in [0.25, 0.3) is 0 Å². The Labute approximate surface area is 157 Å². The Morgan fingerprint density at radius 1 is 1.19 bits per heavy atom. The molecule has 2 rings (SSSR count). The highest BCUT2D eigenvalue weighted by molar-refractivity contribution is 6.36. The highest BCUT2D eigenvalue weighted by atomic mass is 35.5. The standard InChI is InChI=1S/C20H21ClO5/c1-4-8-14-17(13-9-6-5-7-10-13)18(21)20(26-11-15(23)25-3)16(12(2)22)19(14)24/h5-7,9-10,24H,4,8,11H2,1-3H3. The molecule has 5 nitrogen and oxygen atoms in total. The summed E-state index contributed by atoms with van der Waals surface area (Å²) in [5.74, 6) is -1.20. The molecule has 0 bridgehead atoms. The number of halogens is 1. The lowest BCUT2D eigenvalue weighted by Crippen LogP contribution is -2.15. The number of phenols is 1. The number of carbonyl (C=O) groups excluding carboxylic acids is 2. The minimum atomic E-state index is -0.617. The molecule has 26 heavy (non-hydrogen) atoms. The van der Waals surface area contributed by atoms with Crippen LogP contribution < -0.4 is 4.74 Å². The molecule has 0 aliphatic carbocycles. The van der Waals surface area contributed by atoms with Crippen molar-refractivity contribution in [1.29, 1.82) is 0 Å². The van der Waals surface area contributed by atoms with E-state index in [-0.39, 0.29) is 22.1 Å². The Balaban J connectivity index is 2.75. The van der Waals surface area contributed by atoms with Gasteiger partial charge in [-0.15, -0.1) is 0 Å². The van der Waals surface area contributed by atoms with Gasteiger partial charge in [-0.2, -0.15) is 0 Å². The molecule has 2 aromatic carbocycles. The number of phenolic OH excluding ortho intramolecular Hbond substituents is 1. The zero-order valence-electron chi connectivity index (χ0n) is 15.0. The highest BCUT2D eigenvalue weighted by Gasteiger charge is 2.27. The third kappa shape index (κ3) is 3.99. The monoisotopic (exact) mass is 376 g/mol. The number of methoxy groups -OCH3 is 1. The van der Waals surface area contributed by atoms with Crippen LogP contribution in [0.2, 0.25) is 5.02 Å². The second-order valence-corrected chi connectivity index (χ2v) is 6.14. The topological polar surface area (TPSA) is 72.8 Å². The fraction of sp³-hybridized carbons (Fsp3) is 0.300. The van der Waals surface area contributed by atoms with Crippen LogP contribution in [0.25, 0.3) is 11.1 Å². The average molecular weight is 377 g/mol. The molecule has 0 atom stereocenters. The van der Waals surface area contributed by atoms with Gasteiger partial charge in [0.2, 0.25) is 0 Å². The number of carbonyl (C=O) groups is 2. The third-order valence-corrected chi connectivity index (χ3v) is 4.31. The van der Waals surface area contributed by atoms with E-state index in [1.165, 1.54) is 14.0 Å². The van der Waals surface area contributed by atoms with E-state index in [0.29, 0.717) is 17.5 Å². The van der Waals surface area contributed by atoms with Crippen LogP contribution in [0, 0.1) is 0 Å². The van der Waals surface area contributed by atoms with E-state index in [9.17, 15) is 14.7 Å².